The highest BCUT2D eigenvalue weighted by molar-refractivity contribution is 6.33. The van der Waals surface area contributed by atoms with E-state index in [2.05, 4.69) is 23.7 Å². The zero-order chi connectivity index (χ0) is 13.0. The fourth-order valence-corrected chi connectivity index (χ4v) is 2.61. The van der Waals surface area contributed by atoms with Gasteiger partial charge in [-0.15, -0.1) is 0 Å². The lowest BCUT2D eigenvalue weighted by Gasteiger charge is -2.28. The molecule has 1 aliphatic heterocycles. The molecule has 1 atom stereocenters. The van der Waals surface area contributed by atoms with Crippen molar-refractivity contribution in [3.63, 3.8) is 0 Å². The van der Waals surface area contributed by atoms with Gasteiger partial charge in [-0.25, -0.2) is 0 Å². The van der Waals surface area contributed by atoms with E-state index in [1.54, 1.807) is 12.1 Å². The smallest absolute Gasteiger partial charge is 0.0605 e. The van der Waals surface area contributed by atoms with E-state index in [1.807, 2.05) is 6.07 Å². The van der Waals surface area contributed by atoms with Gasteiger partial charge < -0.3 is 0 Å². The van der Waals surface area contributed by atoms with Crippen molar-refractivity contribution < 1.29 is 0 Å². The largest absolute Gasteiger partial charge is 0.292 e. The molecular weight excluding hydrogens is 265 g/mol. The number of halogens is 2. The van der Waals surface area contributed by atoms with E-state index in [-0.39, 0.29) is 0 Å². The Morgan fingerprint density at radius 1 is 1.39 bits per heavy atom. The molecular formula is C15H17Cl2N. The molecule has 1 fully saturated rings. The fraction of sp³-hybridized carbons (Fsp3) is 0.467. The average molecular weight is 282 g/mol. The zero-order valence-electron chi connectivity index (χ0n) is 10.5. The first kappa shape index (κ1) is 13.7. The van der Waals surface area contributed by atoms with Gasteiger partial charge in [0, 0.05) is 17.1 Å². The first-order valence-electron chi connectivity index (χ1n) is 6.31. The van der Waals surface area contributed by atoms with Crippen LogP contribution in [0.25, 0.3) is 0 Å². The maximum atomic E-state index is 6.07. The molecule has 0 amide bonds. The monoisotopic (exact) mass is 281 g/mol. The second-order valence-corrected chi connectivity index (χ2v) is 5.75. The Morgan fingerprint density at radius 2 is 2.22 bits per heavy atom. The number of hydrogen-bond acceptors (Lipinski definition) is 1. The van der Waals surface area contributed by atoms with Crippen LogP contribution in [0, 0.1) is 17.8 Å². The van der Waals surface area contributed by atoms with E-state index < -0.39 is 0 Å². The van der Waals surface area contributed by atoms with Crippen LogP contribution < -0.4 is 0 Å². The summed E-state index contributed by atoms with van der Waals surface area (Å²) in [5, 5.41) is 1.34. The van der Waals surface area contributed by atoms with Crippen molar-refractivity contribution in [2.45, 2.75) is 19.8 Å². The van der Waals surface area contributed by atoms with Crippen LogP contribution in [-0.2, 0) is 0 Å². The Labute approximate surface area is 119 Å². The van der Waals surface area contributed by atoms with Crippen molar-refractivity contribution in [2.75, 3.05) is 19.6 Å². The molecule has 1 heterocycles. The molecule has 0 bridgehead atoms. The topological polar surface area (TPSA) is 3.24 Å². The fourth-order valence-electron chi connectivity index (χ4n) is 2.27. The van der Waals surface area contributed by atoms with Crippen molar-refractivity contribution >= 4 is 23.2 Å². The molecule has 1 aromatic rings. The lowest BCUT2D eigenvalue weighted by molar-refractivity contribution is 0.204. The van der Waals surface area contributed by atoms with Gasteiger partial charge in [0.15, 0.2) is 0 Å². The van der Waals surface area contributed by atoms with Crippen LogP contribution in [0.3, 0.4) is 0 Å². The van der Waals surface area contributed by atoms with E-state index in [1.165, 1.54) is 12.8 Å². The summed E-state index contributed by atoms with van der Waals surface area (Å²) in [4.78, 5) is 2.40. The first-order valence-corrected chi connectivity index (χ1v) is 7.07. The lowest BCUT2D eigenvalue weighted by atomic mass is 10.0. The van der Waals surface area contributed by atoms with Crippen molar-refractivity contribution in [2.24, 2.45) is 5.92 Å². The van der Waals surface area contributed by atoms with Crippen LogP contribution in [0.15, 0.2) is 18.2 Å². The molecule has 1 saturated heterocycles. The van der Waals surface area contributed by atoms with E-state index in [0.717, 1.165) is 31.1 Å². The predicted molar refractivity (Wildman–Crippen MR) is 78.2 cm³/mol. The molecule has 0 saturated carbocycles. The van der Waals surface area contributed by atoms with Crippen LogP contribution >= 0.6 is 23.2 Å². The summed E-state index contributed by atoms with van der Waals surface area (Å²) in [6.45, 7) is 5.42. The normalized spacial score (nSPS) is 20.3. The van der Waals surface area contributed by atoms with E-state index in [9.17, 15) is 0 Å². The molecule has 18 heavy (non-hydrogen) atoms. The van der Waals surface area contributed by atoms with Crippen molar-refractivity contribution in [1.29, 1.82) is 0 Å². The average Bonchev–Trinajstić information content (AvgIpc) is 2.34. The SMILES string of the molecule is CC1CCCN(CC#Cc2cc(Cl)ccc2Cl)C1. The minimum atomic E-state index is 0.666. The van der Waals surface area contributed by atoms with Crippen molar-refractivity contribution in [3.05, 3.63) is 33.8 Å². The van der Waals surface area contributed by atoms with Gasteiger partial charge in [-0.1, -0.05) is 42.0 Å². The Balaban J connectivity index is 1.97. The lowest BCUT2D eigenvalue weighted by Crippen LogP contribution is -2.34. The second kappa shape index (κ2) is 6.48. The van der Waals surface area contributed by atoms with Gasteiger partial charge in [0.1, 0.15) is 0 Å². The molecule has 2 rings (SSSR count). The van der Waals surface area contributed by atoms with Crippen LogP contribution in [0.4, 0.5) is 0 Å². The summed E-state index contributed by atoms with van der Waals surface area (Å²) in [7, 11) is 0. The Hall–Kier alpha value is -0.680. The summed E-state index contributed by atoms with van der Waals surface area (Å²) in [5.41, 5.74) is 0.814. The number of benzene rings is 1. The van der Waals surface area contributed by atoms with Gasteiger partial charge in [0.05, 0.1) is 11.6 Å². The predicted octanol–water partition coefficient (Wildman–Crippen LogP) is 4.08. The summed E-state index contributed by atoms with van der Waals surface area (Å²) in [6.07, 6.45) is 2.62. The third kappa shape index (κ3) is 3.92. The first-order chi connectivity index (χ1) is 8.65. The maximum Gasteiger partial charge on any atom is 0.0605 e. The van der Waals surface area contributed by atoms with Gasteiger partial charge in [-0.05, 0) is 43.5 Å². The zero-order valence-corrected chi connectivity index (χ0v) is 12.1. The van der Waals surface area contributed by atoms with E-state index in [4.69, 9.17) is 23.2 Å². The molecule has 0 aromatic heterocycles. The van der Waals surface area contributed by atoms with Gasteiger partial charge in [-0.3, -0.25) is 4.90 Å². The van der Waals surface area contributed by atoms with Gasteiger partial charge in [-0.2, -0.15) is 0 Å². The Morgan fingerprint density at radius 3 is 3.00 bits per heavy atom. The number of nitrogens with zero attached hydrogens (tertiary/aromatic N) is 1. The van der Waals surface area contributed by atoms with Crippen molar-refractivity contribution in [1.82, 2.24) is 4.90 Å². The molecule has 0 spiro atoms. The van der Waals surface area contributed by atoms with Gasteiger partial charge in [0.25, 0.3) is 0 Å². The molecule has 1 aromatic carbocycles. The van der Waals surface area contributed by atoms with E-state index in [0.29, 0.717) is 10.0 Å². The molecule has 96 valence electrons. The molecule has 1 aliphatic rings. The van der Waals surface area contributed by atoms with Crippen LogP contribution in [0.2, 0.25) is 10.0 Å². The second-order valence-electron chi connectivity index (χ2n) is 4.91. The standard InChI is InChI=1S/C15H17Cl2N/c1-12-4-2-8-18(11-12)9-3-5-13-10-14(16)6-7-15(13)17/h6-7,10,12H,2,4,8-9,11H2,1H3. The molecule has 0 N–H and O–H groups in total. The Bertz CT molecular complexity index is 473. The van der Waals surface area contributed by atoms with Crippen LogP contribution in [-0.4, -0.2) is 24.5 Å². The molecule has 3 heteroatoms. The minimum Gasteiger partial charge on any atom is -0.292 e. The third-order valence-electron chi connectivity index (χ3n) is 3.20. The third-order valence-corrected chi connectivity index (χ3v) is 3.76. The summed E-state index contributed by atoms with van der Waals surface area (Å²) in [6, 6.07) is 5.38. The highest BCUT2D eigenvalue weighted by Gasteiger charge is 2.14. The molecule has 0 aliphatic carbocycles. The van der Waals surface area contributed by atoms with E-state index >= 15 is 0 Å². The quantitative estimate of drug-likeness (QED) is 0.702. The molecule has 0 radical (unpaired) electrons. The summed E-state index contributed by atoms with van der Waals surface area (Å²) < 4.78 is 0. The highest BCUT2D eigenvalue weighted by Crippen LogP contribution is 2.19. The maximum absolute atomic E-state index is 6.07. The molecule has 1 nitrogen and oxygen atoms in total. The minimum absolute atomic E-state index is 0.666. The number of likely N-dealkylation sites (tertiary alicyclic amines) is 1. The van der Waals surface area contributed by atoms with Gasteiger partial charge in [0.2, 0.25) is 0 Å². The molecule has 1 unspecified atom stereocenters. The highest BCUT2D eigenvalue weighted by atomic mass is 35.5. The van der Waals surface area contributed by atoms with Gasteiger partial charge >= 0.3 is 0 Å². The van der Waals surface area contributed by atoms with Crippen LogP contribution in [0.1, 0.15) is 25.3 Å². The number of piperidine rings is 1. The van der Waals surface area contributed by atoms with Crippen molar-refractivity contribution in [3.8, 4) is 11.8 Å². The number of hydrogen-bond donors (Lipinski definition) is 0. The van der Waals surface area contributed by atoms with Crippen LogP contribution in [0.5, 0.6) is 0 Å². The Kier molecular flexibility index (Phi) is 4.95. The summed E-state index contributed by atoms with van der Waals surface area (Å²) in [5.74, 6) is 7.09. The summed E-state index contributed by atoms with van der Waals surface area (Å²) >= 11 is 12.0. The number of rotatable bonds is 1.